The number of hydrogen-bond acceptors (Lipinski definition) is 5. The molecule has 0 aromatic carbocycles. The Balaban J connectivity index is 0.00000338. The molecular formula is C17H27Cl2N5O3. The van der Waals surface area contributed by atoms with Crippen LogP contribution in [0.2, 0.25) is 0 Å². The Kier molecular flexibility index (Phi) is 12.4. The van der Waals surface area contributed by atoms with Crippen LogP contribution in [0.1, 0.15) is 36.2 Å². The van der Waals surface area contributed by atoms with Crippen LogP contribution in [0.25, 0.3) is 0 Å². The smallest absolute Gasteiger partial charge is 0.270 e. The van der Waals surface area contributed by atoms with E-state index >= 15 is 0 Å². The van der Waals surface area contributed by atoms with Gasteiger partial charge in [0, 0.05) is 38.3 Å². The first-order chi connectivity index (χ1) is 12.1. The van der Waals surface area contributed by atoms with Crippen molar-refractivity contribution in [3.8, 4) is 0 Å². The summed E-state index contributed by atoms with van der Waals surface area (Å²) >= 11 is 0. The van der Waals surface area contributed by atoms with Gasteiger partial charge in [-0.25, -0.2) is 0 Å². The number of carbonyl (C=O) groups excluding carboxylic acids is 3. The van der Waals surface area contributed by atoms with Gasteiger partial charge in [-0.2, -0.15) is 0 Å². The van der Waals surface area contributed by atoms with Crippen molar-refractivity contribution in [2.45, 2.75) is 31.7 Å². The highest BCUT2D eigenvalue weighted by Crippen LogP contribution is 2.16. The molecule has 3 amide bonds. The minimum Gasteiger partial charge on any atom is -0.354 e. The zero-order chi connectivity index (χ0) is 18.1. The van der Waals surface area contributed by atoms with Gasteiger partial charge in [-0.05, 0) is 31.4 Å². The van der Waals surface area contributed by atoms with Gasteiger partial charge in [-0.15, -0.1) is 24.8 Å². The molecule has 10 heteroatoms. The van der Waals surface area contributed by atoms with Crippen LogP contribution in [0.15, 0.2) is 24.4 Å². The number of amides is 3. The van der Waals surface area contributed by atoms with Gasteiger partial charge in [-0.1, -0.05) is 6.07 Å². The van der Waals surface area contributed by atoms with Crippen LogP contribution >= 0.6 is 24.8 Å². The van der Waals surface area contributed by atoms with E-state index in [2.05, 4.69) is 15.6 Å². The van der Waals surface area contributed by atoms with Crippen LogP contribution in [-0.4, -0.2) is 59.8 Å². The molecule has 1 aromatic heterocycles. The van der Waals surface area contributed by atoms with Gasteiger partial charge in [0.1, 0.15) is 5.69 Å². The van der Waals surface area contributed by atoms with Crippen molar-refractivity contribution in [1.29, 1.82) is 0 Å². The predicted octanol–water partition coefficient (Wildman–Crippen LogP) is 0.501. The highest BCUT2D eigenvalue weighted by Gasteiger charge is 2.27. The van der Waals surface area contributed by atoms with Gasteiger partial charge in [0.05, 0.1) is 6.54 Å². The molecule has 0 spiro atoms. The van der Waals surface area contributed by atoms with E-state index in [1.54, 1.807) is 23.1 Å². The third kappa shape index (κ3) is 8.11. The van der Waals surface area contributed by atoms with E-state index in [9.17, 15) is 14.4 Å². The van der Waals surface area contributed by atoms with E-state index in [0.29, 0.717) is 19.6 Å². The first-order valence-electron chi connectivity index (χ1n) is 8.57. The standard InChI is InChI=1S/C17H25N5O3.2ClH/c18-8-7-15(23)20-11-13-5-2-4-10-22(13)16(24)12-21-17(25)14-6-1-3-9-19-14;;/h1,3,6,9,13H,2,4-5,7-8,10-12,18H2,(H,20,23)(H,21,25);2*1H. The Morgan fingerprint density at radius 3 is 2.63 bits per heavy atom. The largest absolute Gasteiger partial charge is 0.354 e. The van der Waals surface area contributed by atoms with Gasteiger partial charge in [0.15, 0.2) is 0 Å². The maximum absolute atomic E-state index is 12.5. The van der Waals surface area contributed by atoms with Crippen LogP contribution in [0.4, 0.5) is 0 Å². The number of pyridine rings is 1. The maximum atomic E-state index is 12.5. The number of carbonyl (C=O) groups is 3. The minimum absolute atomic E-state index is 0. The highest BCUT2D eigenvalue weighted by atomic mass is 35.5. The Labute approximate surface area is 171 Å². The van der Waals surface area contributed by atoms with Crippen LogP contribution in [-0.2, 0) is 9.59 Å². The van der Waals surface area contributed by atoms with E-state index < -0.39 is 0 Å². The predicted molar refractivity (Wildman–Crippen MR) is 107 cm³/mol. The summed E-state index contributed by atoms with van der Waals surface area (Å²) in [6.45, 7) is 1.27. The fraction of sp³-hybridized carbons (Fsp3) is 0.529. The summed E-state index contributed by atoms with van der Waals surface area (Å²) in [6.07, 6.45) is 4.58. The first-order valence-corrected chi connectivity index (χ1v) is 8.57. The van der Waals surface area contributed by atoms with Crippen LogP contribution in [0.3, 0.4) is 0 Å². The Hall–Kier alpha value is -1.90. The average molecular weight is 420 g/mol. The molecule has 0 saturated carbocycles. The zero-order valence-corrected chi connectivity index (χ0v) is 16.7. The molecule has 1 unspecified atom stereocenters. The minimum atomic E-state index is -0.376. The second-order valence-electron chi connectivity index (χ2n) is 5.98. The lowest BCUT2D eigenvalue weighted by atomic mass is 10.0. The topological polar surface area (TPSA) is 117 Å². The molecule has 152 valence electrons. The Morgan fingerprint density at radius 1 is 1.19 bits per heavy atom. The molecule has 0 aliphatic carbocycles. The van der Waals surface area contributed by atoms with E-state index in [1.165, 1.54) is 6.20 Å². The second-order valence-corrected chi connectivity index (χ2v) is 5.98. The van der Waals surface area contributed by atoms with Gasteiger partial charge in [0.2, 0.25) is 11.8 Å². The number of aromatic nitrogens is 1. The zero-order valence-electron chi connectivity index (χ0n) is 15.1. The number of piperidine rings is 1. The quantitative estimate of drug-likeness (QED) is 0.594. The molecule has 27 heavy (non-hydrogen) atoms. The number of nitrogens with two attached hydrogens (primary N) is 1. The number of rotatable bonds is 7. The average Bonchev–Trinajstić information content (AvgIpc) is 2.65. The third-order valence-corrected chi connectivity index (χ3v) is 4.15. The molecule has 1 aliphatic rings. The fourth-order valence-corrected chi connectivity index (χ4v) is 2.84. The number of likely N-dealkylation sites (tertiary alicyclic amines) is 1. The van der Waals surface area contributed by atoms with Crippen molar-refractivity contribution >= 4 is 42.5 Å². The molecule has 1 aromatic rings. The molecule has 4 N–H and O–H groups in total. The summed E-state index contributed by atoms with van der Waals surface area (Å²) in [4.78, 5) is 41.7. The molecule has 2 heterocycles. The summed E-state index contributed by atoms with van der Waals surface area (Å²) in [5.41, 5.74) is 5.64. The molecule has 1 atom stereocenters. The monoisotopic (exact) mass is 419 g/mol. The van der Waals surface area contributed by atoms with Gasteiger partial charge in [-0.3, -0.25) is 19.4 Å². The lowest BCUT2D eigenvalue weighted by Crippen LogP contribution is -2.52. The van der Waals surface area contributed by atoms with Crippen LogP contribution in [0, 0.1) is 0 Å². The summed E-state index contributed by atoms with van der Waals surface area (Å²) < 4.78 is 0. The number of hydrogen-bond donors (Lipinski definition) is 3. The molecular weight excluding hydrogens is 393 g/mol. The highest BCUT2D eigenvalue weighted by molar-refractivity contribution is 5.94. The number of nitrogens with one attached hydrogen (secondary N) is 2. The van der Waals surface area contributed by atoms with Crippen molar-refractivity contribution in [2.24, 2.45) is 5.73 Å². The van der Waals surface area contributed by atoms with Crippen molar-refractivity contribution in [2.75, 3.05) is 26.2 Å². The maximum Gasteiger partial charge on any atom is 0.270 e. The van der Waals surface area contributed by atoms with Crippen molar-refractivity contribution in [3.63, 3.8) is 0 Å². The molecule has 8 nitrogen and oxygen atoms in total. The van der Waals surface area contributed by atoms with Crippen molar-refractivity contribution in [1.82, 2.24) is 20.5 Å². The van der Waals surface area contributed by atoms with Crippen molar-refractivity contribution < 1.29 is 14.4 Å². The van der Waals surface area contributed by atoms with E-state index in [-0.39, 0.29) is 67.2 Å². The molecule has 1 saturated heterocycles. The van der Waals surface area contributed by atoms with Crippen molar-refractivity contribution in [3.05, 3.63) is 30.1 Å². The second kappa shape index (κ2) is 13.3. The van der Waals surface area contributed by atoms with E-state index in [1.807, 2.05) is 0 Å². The van der Waals surface area contributed by atoms with E-state index in [0.717, 1.165) is 19.3 Å². The summed E-state index contributed by atoms with van der Waals surface area (Å²) in [7, 11) is 0. The molecule has 0 bridgehead atoms. The van der Waals surface area contributed by atoms with Gasteiger partial charge in [0.25, 0.3) is 5.91 Å². The summed E-state index contributed by atoms with van der Waals surface area (Å²) in [6, 6.07) is 4.99. The molecule has 0 radical (unpaired) electrons. The third-order valence-electron chi connectivity index (χ3n) is 4.15. The molecule has 1 fully saturated rings. The summed E-state index contributed by atoms with van der Waals surface area (Å²) in [5, 5.41) is 5.42. The van der Waals surface area contributed by atoms with Gasteiger partial charge < -0.3 is 21.3 Å². The first kappa shape index (κ1) is 25.1. The number of nitrogens with zero attached hydrogens (tertiary/aromatic N) is 2. The molecule has 1 aliphatic heterocycles. The van der Waals surface area contributed by atoms with Crippen LogP contribution in [0.5, 0.6) is 0 Å². The van der Waals surface area contributed by atoms with Gasteiger partial charge >= 0.3 is 0 Å². The number of halogens is 2. The Morgan fingerprint density at radius 2 is 1.96 bits per heavy atom. The molecule has 2 rings (SSSR count). The Bertz CT molecular complexity index is 603. The fourth-order valence-electron chi connectivity index (χ4n) is 2.84. The van der Waals surface area contributed by atoms with E-state index in [4.69, 9.17) is 5.73 Å². The lowest BCUT2D eigenvalue weighted by Gasteiger charge is -2.36. The van der Waals surface area contributed by atoms with Crippen LogP contribution < -0.4 is 16.4 Å². The lowest BCUT2D eigenvalue weighted by molar-refractivity contribution is -0.134. The normalized spacial score (nSPS) is 15.7. The SMILES string of the molecule is Cl.Cl.NCCC(=O)NCC1CCCCN1C(=O)CNC(=O)c1ccccn1. The summed E-state index contributed by atoms with van der Waals surface area (Å²) in [5.74, 6) is -0.634.